The quantitative estimate of drug-likeness (QED) is 0.575. The highest BCUT2D eigenvalue weighted by Gasteiger charge is 2.43. The van der Waals surface area contributed by atoms with Gasteiger partial charge in [0.1, 0.15) is 5.60 Å². The van der Waals surface area contributed by atoms with Gasteiger partial charge in [0.15, 0.2) is 0 Å². The summed E-state index contributed by atoms with van der Waals surface area (Å²) in [6, 6.07) is 20.5. The predicted molar refractivity (Wildman–Crippen MR) is 107 cm³/mol. The lowest BCUT2D eigenvalue weighted by Crippen LogP contribution is -2.46. The summed E-state index contributed by atoms with van der Waals surface area (Å²) >= 11 is 0. The van der Waals surface area contributed by atoms with Gasteiger partial charge in [0.2, 0.25) is 0 Å². The van der Waals surface area contributed by atoms with E-state index in [-0.39, 0.29) is 5.97 Å². The fourth-order valence-electron chi connectivity index (χ4n) is 3.80. The normalized spacial score (nSPS) is 20.4. The highest BCUT2D eigenvalue weighted by atomic mass is 16.6. The largest absolute Gasteiger partial charge is 0.456 e. The molecule has 1 aliphatic rings. The molecular formula is C24H28O3. The molecule has 1 fully saturated rings. The van der Waals surface area contributed by atoms with E-state index in [1.807, 2.05) is 43.3 Å². The van der Waals surface area contributed by atoms with Crippen LogP contribution in [0.5, 0.6) is 0 Å². The molecule has 1 unspecified atom stereocenters. The minimum absolute atomic E-state index is 0.364. The average molecular weight is 364 g/mol. The van der Waals surface area contributed by atoms with Gasteiger partial charge in [-0.2, -0.15) is 0 Å². The molecular weight excluding hydrogens is 336 g/mol. The van der Waals surface area contributed by atoms with E-state index >= 15 is 0 Å². The van der Waals surface area contributed by atoms with E-state index < -0.39 is 11.7 Å². The summed E-state index contributed by atoms with van der Waals surface area (Å²) in [6.45, 7) is 1.96. The summed E-state index contributed by atoms with van der Waals surface area (Å²) in [5, 5.41) is 10.6. The molecule has 3 nitrogen and oxygen atoms in total. The molecule has 142 valence electrons. The lowest BCUT2D eigenvalue weighted by Gasteiger charge is -2.40. The molecule has 3 heteroatoms. The SMILES string of the molecule is CC/C=C1\C(=O)OC(CCc2ccccc2)(CCc2ccccc2)CC1O. The van der Waals surface area contributed by atoms with E-state index in [0.29, 0.717) is 31.3 Å². The smallest absolute Gasteiger partial charge is 0.336 e. The van der Waals surface area contributed by atoms with Crippen molar-refractivity contribution in [2.24, 2.45) is 0 Å². The number of hydrogen-bond acceptors (Lipinski definition) is 3. The van der Waals surface area contributed by atoms with Crippen LogP contribution in [0.4, 0.5) is 0 Å². The minimum atomic E-state index is -0.752. The number of allylic oxidation sites excluding steroid dienone is 1. The zero-order valence-corrected chi connectivity index (χ0v) is 15.9. The second-order valence-electron chi connectivity index (χ2n) is 7.33. The van der Waals surface area contributed by atoms with Crippen LogP contribution in [-0.2, 0) is 22.4 Å². The van der Waals surface area contributed by atoms with Crippen LogP contribution in [-0.4, -0.2) is 22.8 Å². The van der Waals surface area contributed by atoms with Crippen molar-refractivity contribution >= 4 is 5.97 Å². The molecule has 27 heavy (non-hydrogen) atoms. The number of esters is 1. The maximum absolute atomic E-state index is 12.6. The van der Waals surface area contributed by atoms with Crippen LogP contribution in [0.15, 0.2) is 72.3 Å². The molecule has 3 rings (SSSR count). The van der Waals surface area contributed by atoms with E-state index in [0.717, 1.165) is 12.8 Å². The topological polar surface area (TPSA) is 46.5 Å². The third-order valence-electron chi connectivity index (χ3n) is 5.32. The molecule has 1 heterocycles. The molecule has 1 atom stereocenters. The summed E-state index contributed by atoms with van der Waals surface area (Å²) < 4.78 is 5.99. The zero-order valence-electron chi connectivity index (χ0n) is 15.9. The van der Waals surface area contributed by atoms with E-state index in [4.69, 9.17) is 4.74 Å². The van der Waals surface area contributed by atoms with Gasteiger partial charge in [0.05, 0.1) is 11.7 Å². The van der Waals surface area contributed by atoms with Gasteiger partial charge in [-0.1, -0.05) is 73.7 Å². The second-order valence-corrected chi connectivity index (χ2v) is 7.33. The number of ether oxygens (including phenoxy) is 1. The van der Waals surface area contributed by atoms with Crippen molar-refractivity contribution in [1.29, 1.82) is 0 Å². The molecule has 0 aromatic heterocycles. The number of aliphatic hydroxyl groups excluding tert-OH is 1. The van der Waals surface area contributed by atoms with E-state index in [1.165, 1.54) is 11.1 Å². The van der Waals surface area contributed by atoms with Crippen LogP contribution in [0.2, 0.25) is 0 Å². The number of carbonyl (C=O) groups is 1. The summed E-state index contributed by atoms with van der Waals surface area (Å²) in [5.74, 6) is -0.364. The highest BCUT2D eigenvalue weighted by molar-refractivity contribution is 5.90. The Balaban J connectivity index is 1.78. The fraction of sp³-hybridized carbons (Fsp3) is 0.375. The number of carbonyl (C=O) groups excluding carboxylic acids is 1. The Morgan fingerprint density at radius 3 is 1.96 bits per heavy atom. The summed E-state index contributed by atoms with van der Waals surface area (Å²) in [5.41, 5.74) is 2.22. The maximum Gasteiger partial charge on any atom is 0.336 e. The van der Waals surface area contributed by atoms with E-state index in [2.05, 4.69) is 24.3 Å². The number of rotatable bonds is 7. The number of cyclic esters (lactones) is 1. The number of aryl methyl sites for hydroxylation is 2. The Morgan fingerprint density at radius 2 is 1.52 bits per heavy atom. The second kappa shape index (κ2) is 9.01. The van der Waals surface area contributed by atoms with Crippen molar-refractivity contribution in [3.05, 3.63) is 83.4 Å². The first-order valence-electron chi connectivity index (χ1n) is 9.81. The number of aliphatic hydroxyl groups is 1. The van der Waals surface area contributed by atoms with Gasteiger partial charge in [-0.15, -0.1) is 0 Å². The predicted octanol–water partition coefficient (Wildman–Crippen LogP) is 4.64. The molecule has 0 amide bonds. The Kier molecular flexibility index (Phi) is 6.46. The maximum atomic E-state index is 12.6. The van der Waals surface area contributed by atoms with Crippen molar-refractivity contribution in [1.82, 2.24) is 0 Å². The summed E-state index contributed by atoms with van der Waals surface area (Å²) in [7, 11) is 0. The first-order valence-corrected chi connectivity index (χ1v) is 9.81. The van der Waals surface area contributed by atoms with Crippen LogP contribution in [0, 0.1) is 0 Å². The third-order valence-corrected chi connectivity index (χ3v) is 5.32. The molecule has 0 radical (unpaired) electrons. The first-order chi connectivity index (χ1) is 13.1. The van der Waals surface area contributed by atoms with Crippen LogP contribution in [0.25, 0.3) is 0 Å². The van der Waals surface area contributed by atoms with Gasteiger partial charge < -0.3 is 9.84 Å². The van der Waals surface area contributed by atoms with Crippen LogP contribution >= 0.6 is 0 Å². The Labute approximate surface area is 161 Å². The van der Waals surface area contributed by atoms with Gasteiger partial charge in [0.25, 0.3) is 0 Å². The fourth-order valence-corrected chi connectivity index (χ4v) is 3.80. The lowest BCUT2D eigenvalue weighted by atomic mass is 9.80. The number of hydrogen-bond donors (Lipinski definition) is 1. The van der Waals surface area contributed by atoms with Crippen molar-refractivity contribution in [2.75, 3.05) is 0 Å². The Bertz CT molecular complexity index is 721. The van der Waals surface area contributed by atoms with Gasteiger partial charge in [-0.05, 0) is 43.2 Å². The molecule has 2 aromatic rings. The van der Waals surface area contributed by atoms with Crippen LogP contribution < -0.4 is 0 Å². The third kappa shape index (κ3) is 5.08. The minimum Gasteiger partial charge on any atom is -0.456 e. The standard InChI is InChI=1S/C24H28O3/c1-2-9-21-22(25)18-24(27-23(21)26,16-14-19-10-5-3-6-11-19)17-15-20-12-7-4-8-13-20/h3-13,22,25H,2,14-18H2,1H3/b21-9-. The van der Waals surface area contributed by atoms with Gasteiger partial charge >= 0.3 is 5.97 Å². The van der Waals surface area contributed by atoms with Gasteiger partial charge in [-0.3, -0.25) is 0 Å². The Morgan fingerprint density at radius 1 is 1.00 bits per heavy atom. The summed E-state index contributed by atoms with van der Waals surface area (Å²) in [6.07, 6.45) is 5.28. The molecule has 2 aromatic carbocycles. The van der Waals surface area contributed by atoms with Gasteiger partial charge in [-0.25, -0.2) is 4.79 Å². The molecule has 0 saturated carbocycles. The molecule has 1 N–H and O–H groups in total. The lowest BCUT2D eigenvalue weighted by molar-refractivity contribution is -0.168. The van der Waals surface area contributed by atoms with Crippen molar-refractivity contribution < 1.29 is 14.6 Å². The summed E-state index contributed by atoms with van der Waals surface area (Å²) in [4.78, 5) is 12.6. The molecule has 1 aliphatic heterocycles. The van der Waals surface area contributed by atoms with Crippen molar-refractivity contribution in [3.8, 4) is 0 Å². The number of benzene rings is 2. The zero-order chi connectivity index (χ0) is 19.1. The van der Waals surface area contributed by atoms with E-state index in [9.17, 15) is 9.90 Å². The molecule has 0 spiro atoms. The molecule has 0 bridgehead atoms. The van der Waals surface area contributed by atoms with Gasteiger partial charge in [0, 0.05) is 6.42 Å². The van der Waals surface area contributed by atoms with E-state index in [1.54, 1.807) is 6.08 Å². The van der Waals surface area contributed by atoms with Crippen molar-refractivity contribution in [3.63, 3.8) is 0 Å². The molecule has 1 saturated heterocycles. The van der Waals surface area contributed by atoms with Crippen LogP contribution in [0.1, 0.15) is 43.7 Å². The monoisotopic (exact) mass is 364 g/mol. The highest BCUT2D eigenvalue weighted by Crippen LogP contribution is 2.37. The van der Waals surface area contributed by atoms with Crippen LogP contribution in [0.3, 0.4) is 0 Å². The Hall–Kier alpha value is -2.39. The average Bonchev–Trinajstić information content (AvgIpc) is 2.69. The van der Waals surface area contributed by atoms with Crippen molar-refractivity contribution in [2.45, 2.75) is 57.2 Å². The first kappa shape index (κ1) is 19.4. The molecule has 0 aliphatic carbocycles.